The number of rotatable bonds is 5. The Balaban J connectivity index is 4.11. The summed E-state index contributed by atoms with van der Waals surface area (Å²) in [6.07, 6.45) is 0. The van der Waals surface area contributed by atoms with Gasteiger partial charge in [-0.05, 0) is 17.3 Å². The van der Waals surface area contributed by atoms with Crippen molar-refractivity contribution in [2.24, 2.45) is 17.3 Å². The minimum Gasteiger partial charge on any atom is -0.302 e. The molecular weight excluding hydrogens is 170 g/mol. The maximum Gasteiger partial charge on any atom is 0.00303 e. The molecule has 0 aliphatic carbocycles. The third-order valence-corrected chi connectivity index (χ3v) is 1.94. The smallest absolute Gasteiger partial charge is 0.00303 e. The molecule has 0 heterocycles. The summed E-state index contributed by atoms with van der Waals surface area (Å²) >= 11 is 0. The van der Waals surface area contributed by atoms with Gasteiger partial charge < -0.3 is 4.90 Å². The first-order valence-electron chi connectivity index (χ1n) is 5.93. The van der Waals surface area contributed by atoms with E-state index in [9.17, 15) is 0 Å². The molecule has 0 aromatic rings. The van der Waals surface area contributed by atoms with Crippen molar-refractivity contribution in [2.45, 2.75) is 48.5 Å². The van der Waals surface area contributed by atoms with E-state index in [-0.39, 0.29) is 0 Å². The van der Waals surface area contributed by atoms with E-state index in [4.69, 9.17) is 0 Å². The zero-order valence-corrected chi connectivity index (χ0v) is 11.2. The van der Waals surface area contributed by atoms with Crippen LogP contribution in [-0.4, -0.2) is 24.5 Å². The minimum atomic E-state index is 0.420. The summed E-state index contributed by atoms with van der Waals surface area (Å²) in [5.41, 5.74) is 0.420. The van der Waals surface area contributed by atoms with Crippen LogP contribution in [0.3, 0.4) is 0 Å². The summed E-state index contributed by atoms with van der Waals surface area (Å²) < 4.78 is 0. The molecule has 1 nitrogen and oxygen atoms in total. The zero-order chi connectivity index (χ0) is 11.4. The van der Waals surface area contributed by atoms with Crippen molar-refractivity contribution in [3.63, 3.8) is 0 Å². The summed E-state index contributed by atoms with van der Waals surface area (Å²) in [4.78, 5) is 2.61. The quantitative estimate of drug-likeness (QED) is 0.653. The number of hydrogen-bond donors (Lipinski definition) is 0. The highest BCUT2D eigenvalue weighted by Crippen LogP contribution is 2.17. The molecule has 0 radical (unpaired) electrons. The second-order valence-electron chi connectivity index (χ2n) is 6.54. The average molecular weight is 199 g/mol. The molecule has 0 saturated carbocycles. The lowest BCUT2D eigenvalue weighted by atomic mass is 9.95. The fourth-order valence-corrected chi connectivity index (χ4v) is 1.91. The van der Waals surface area contributed by atoms with Gasteiger partial charge in [-0.2, -0.15) is 0 Å². The van der Waals surface area contributed by atoms with Crippen molar-refractivity contribution in [1.82, 2.24) is 4.90 Å². The standard InChI is InChI=1S/C13H29N/c1-11(2)8-14(9-12(3)4)10-13(5,6)7/h11-12H,8-10H2,1-7H3. The van der Waals surface area contributed by atoms with Crippen molar-refractivity contribution in [3.8, 4) is 0 Å². The van der Waals surface area contributed by atoms with E-state index < -0.39 is 0 Å². The van der Waals surface area contributed by atoms with E-state index in [0.29, 0.717) is 5.41 Å². The van der Waals surface area contributed by atoms with Crippen molar-refractivity contribution in [1.29, 1.82) is 0 Å². The molecule has 0 amide bonds. The van der Waals surface area contributed by atoms with E-state index in [1.165, 1.54) is 19.6 Å². The van der Waals surface area contributed by atoms with Gasteiger partial charge in [-0.1, -0.05) is 48.5 Å². The van der Waals surface area contributed by atoms with Crippen LogP contribution < -0.4 is 0 Å². The molecule has 0 aliphatic rings. The van der Waals surface area contributed by atoms with Gasteiger partial charge >= 0.3 is 0 Å². The lowest BCUT2D eigenvalue weighted by Gasteiger charge is -2.32. The average Bonchev–Trinajstić information content (AvgIpc) is 1.77. The lowest BCUT2D eigenvalue weighted by Crippen LogP contribution is -2.37. The topological polar surface area (TPSA) is 3.24 Å². The Morgan fingerprint density at radius 2 is 1.21 bits per heavy atom. The van der Waals surface area contributed by atoms with Gasteiger partial charge in [0, 0.05) is 19.6 Å². The Morgan fingerprint density at radius 3 is 1.43 bits per heavy atom. The molecule has 0 unspecified atom stereocenters. The van der Waals surface area contributed by atoms with E-state index in [1.807, 2.05) is 0 Å². The van der Waals surface area contributed by atoms with Gasteiger partial charge in [0.15, 0.2) is 0 Å². The molecule has 0 saturated heterocycles. The fourth-order valence-electron chi connectivity index (χ4n) is 1.91. The highest BCUT2D eigenvalue weighted by molar-refractivity contribution is 4.71. The summed E-state index contributed by atoms with van der Waals surface area (Å²) in [6, 6.07) is 0. The largest absolute Gasteiger partial charge is 0.302 e. The number of hydrogen-bond acceptors (Lipinski definition) is 1. The van der Waals surface area contributed by atoms with Crippen molar-refractivity contribution >= 4 is 0 Å². The Labute approximate surface area is 90.9 Å². The molecule has 0 atom stereocenters. The Bertz CT molecular complexity index is 132. The molecule has 0 rings (SSSR count). The predicted octanol–water partition coefficient (Wildman–Crippen LogP) is 3.65. The SMILES string of the molecule is CC(C)CN(CC(C)C)CC(C)(C)C. The molecule has 0 spiro atoms. The molecule has 1 heteroatoms. The molecular formula is C13H29N. The molecule has 0 N–H and O–H groups in total. The monoisotopic (exact) mass is 199 g/mol. The van der Waals surface area contributed by atoms with Crippen LogP contribution in [0.1, 0.15) is 48.5 Å². The molecule has 0 aromatic carbocycles. The Kier molecular flexibility index (Phi) is 5.73. The maximum absolute atomic E-state index is 2.61. The van der Waals surface area contributed by atoms with Gasteiger partial charge in [0.25, 0.3) is 0 Å². The third-order valence-electron chi connectivity index (χ3n) is 1.94. The van der Waals surface area contributed by atoms with Crippen LogP contribution >= 0.6 is 0 Å². The van der Waals surface area contributed by atoms with Crippen LogP contribution in [0.4, 0.5) is 0 Å². The Hall–Kier alpha value is -0.0400. The maximum atomic E-state index is 2.61. The van der Waals surface area contributed by atoms with Crippen LogP contribution in [0.5, 0.6) is 0 Å². The third kappa shape index (κ3) is 8.55. The van der Waals surface area contributed by atoms with Gasteiger partial charge in [0.1, 0.15) is 0 Å². The summed E-state index contributed by atoms with van der Waals surface area (Å²) in [5, 5.41) is 0. The summed E-state index contributed by atoms with van der Waals surface area (Å²) in [5.74, 6) is 1.55. The van der Waals surface area contributed by atoms with Gasteiger partial charge in [-0.3, -0.25) is 0 Å². The molecule has 14 heavy (non-hydrogen) atoms. The van der Waals surface area contributed by atoms with Gasteiger partial charge in [-0.15, -0.1) is 0 Å². The first kappa shape index (κ1) is 14.0. The molecule has 0 fully saturated rings. The zero-order valence-electron chi connectivity index (χ0n) is 11.2. The fraction of sp³-hybridized carbons (Fsp3) is 1.00. The van der Waals surface area contributed by atoms with Crippen molar-refractivity contribution in [2.75, 3.05) is 19.6 Å². The second kappa shape index (κ2) is 5.75. The normalized spacial score (nSPS) is 13.3. The highest BCUT2D eigenvalue weighted by Gasteiger charge is 2.17. The second-order valence-corrected chi connectivity index (χ2v) is 6.54. The van der Waals surface area contributed by atoms with Crippen LogP contribution in [0.15, 0.2) is 0 Å². The number of nitrogens with zero attached hydrogens (tertiary/aromatic N) is 1. The lowest BCUT2D eigenvalue weighted by molar-refractivity contribution is 0.158. The van der Waals surface area contributed by atoms with Gasteiger partial charge in [-0.25, -0.2) is 0 Å². The van der Waals surface area contributed by atoms with Crippen LogP contribution in [0.25, 0.3) is 0 Å². The Morgan fingerprint density at radius 1 is 0.857 bits per heavy atom. The highest BCUT2D eigenvalue weighted by atomic mass is 15.1. The predicted molar refractivity (Wildman–Crippen MR) is 65.6 cm³/mol. The van der Waals surface area contributed by atoms with Gasteiger partial charge in [0.05, 0.1) is 0 Å². The molecule has 0 bridgehead atoms. The minimum absolute atomic E-state index is 0.420. The van der Waals surface area contributed by atoms with Crippen LogP contribution in [-0.2, 0) is 0 Å². The van der Waals surface area contributed by atoms with E-state index in [2.05, 4.69) is 53.4 Å². The van der Waals surface area contributed by atoms with E-state index in [1.54, 1.807) is 0 Å². The van der Waals surface area contributed by atoms with Crippen LogP contribution in [0.2, 0.25) is 0 Å². The van der Waals surface area contributed by atoms with Crippen molar-refractivity contribution < 1.29 is 0 Å². The molecule has 0 aromatic heterocycles. The summed E-state index contributed by atoms with van der Waals surface area (Å²) in [6.45, 7) is 19.8. The van der Waals surface area contributed by atoms with E-state index in [0.717, 1.165) is 11.8 Å². The first-order valence-corrected chi connectivity index (χ1v) is 5.93. The molecule has 86 valence electrons. The van der Waals surface area contributed by atoms with E-state index >= 15 is 0 Å². The van der Waals surface area contributed by atoms with Crippen LogP contribution in [0, 0.1) is 17.3 Å². The first-order chi connectivity index (χ1) is 6.20. The van der Waals surface area contributed by atoms with Crippen molar-refractivity contribution in [3.05, 3.63) is 0 Å². The molecule has 0 aliphatic heterocycles. The summed E-state index contributed by atoms with van der Waals surface area (Å²) in [7, 11) is 0. The van der Waals surface area contributed by atoms with Gasteiger partial charge in [0.2, 0.25) is 0 Å².